The highest BCUT2D eigenvalue weighted by molar-refractivity contribution is 9.09. The van der Waals surface area contributed by atoms with Crippen molar-refractivity contribution in [2.45, 2.75) is 70.3 Å². The molecule has 4 saturated carbocycles. The second-order valence-corrected chi connectivity index (χ2v) is 10.7. The minimum Gasteiger partial charge on any atom is -0.387 e. The summed E-state index contributed by atoms with van der Waals surface area (Å²) in [5.74, 6) is 4.58. The maximum Gasteiger partial charge on any atom is 0.147 e. The topological polar surface area (TPSA) is 46.5 Å². The van der Waals surface area contributed by atoms with Gasteiger partial charge >= 0.3 is 0 Å². The molecule has 26 heavy (non-hydrogen) atoms. The van der Waals surface area contributed by atoms with E-state index in [2.05, 4.69) is 22.9 Å². The number of fused-ring (bicyclic) bond motifs is 5. The Hall–Kier alpha value is 0.0700. The number of methoxy groups -OCH3 is 1. The molecule has 4 heteroatoms. The van der Waals surface area contributed by atoms with Crippen molar-refractivity contribution < 1.29 is 14.6 Å². The summed E-state index contributed by atoms with van der Waals surface area (Å²) >= 11 is 3.42. The summed E-state index contributed by atoms with van der Waals surface area (Å²) in [7, 11) is 1.70. The second-order valence-electron chi connectivity index (χ2n) is 10.1. The van der Waals surface area contributed by atoms with Crippen LogP contribution in [-0.4, -0.2) is 35.5 Å². The number of carbonyl (C=O) groups excluding carboxylic acids is 1. The summed E-state index contributed by atoms with van der Waals surface area (Å²) in [6.07, 6.45) is 10.5. The standard InChI is InChI=1S/C22H35BrO3/c1-21-9-7-16-15-8-10-22(25,13-26-2)11-14(15)3-4-17(16)18(21)5-6-19(21)20(24)12-23/h14-19,25H,3-13H2,1-2H3/t14-,15+,16-,17-,18+,19-,21+,22+/m1/s1. The Kier molecular flexibility index (Phi) is 5.33. The molecule has 0 aliphatic heterocycles. The lowest BCUT2D eigenvalue weighted by molar-refractivity contribution is -0.134. The van der Waals surface area contributed by atoms with Crippen molar-refractivity contribution >= 4 is 21.7 Å². The molecule has 4 aliphatic rings. The van der Waals surface area contributed by atoms with Crippen molar-refractivity contribution in [2.24, 2.45) is 40.9 Å². The van der Waals surface area contributed by atoms with Gasteiger partial charge in [0.2, 0.25) is 0 Å². The number of hydrogen-bond donors (Lipinski definition) is 1. The summed E-state index contributed by atoms with van der Waals surface area (Å²) < 4.78 is 5.30. The molecule has 0 unspecified atom stereocenters. The van der Waals surface area contributed by atoms with Gasteiger partial charge in [0, 0.05) is 13.0 Å². The predicted molar refractivity (Wildman–Crippen MR) is 106 cm³/mol. The Bertz CT molecular complexity index is 552. The summed E-state index contributed by atoms with van der Waals surface area (Å²) in [4.78, 5) is 12.5. The minimum atomic E-state index is -0.591. The summed E-state index contributed by atoms with van der Waals surface area (Å²) in [6, 6.07) is 0. The Morgan fingerprint density at radius 3 is 2.58 bits per heavy atom. The van der Waals surface area contributed by atoms with E-state index >= 15 is 0 Å². The molecule has 0 saturated heterocycles. The SMILES string of the molecule is COC[C@]1(O)CC[C@H]2[C@H](CC[C@@H]3[C@@H]2CC[C@]2(C)[C@@H](C(=O)CBr)CC[C@@H]32)C1. The van der Waals surface area contributed by atoms with Crippen LogP contribution in [-0.2, 0) is 9.53 Å². The van der Waals surface area contributed by atoms with Gasteiger partial charge in [0.1, 0.15) is 5.78 Å². The average Bonchev–Trinajstić information content (AvgIpc) is 2.98. The van der Waals surface area contributed by atoms with Crippen LogP contribution in [0.3, 0.4) is 0 Å². The van der Waals surface area contributed by atoms with Gasteiger partial charge < -0.3 is 9.84 Å². The zero-order valence-corrected chi connectivity index (χ0v) is 18.0. The van der Waals surface area contributed by atoms with E-state index in [0.717, 1.165) is 42.9 Å². The molecule has 1 N–H and O–H groups in total. The van der Waals surface area contributed by atoms with E-state index in [1.165, 1.54) is 38.5 Å². The Balaban J connectivity index is 1.50. The molecule has 0 heterocycles. The first-order chi connectivity index (χ1) is 12.4. The summed E-state index contributed by atoms with van der Waals surface area (Å²) in [6.45, 7) is 2.91. The molecule has 0 bridgehead atoms. The lowest BCUT2D eigenvalue weighted by Gasteiger charge is -2.57. The van der Waals surface area contributed by atoms with Gasteiger partial charge in [0.05, 0.1) is 17.5 Å². The molecule has 0 aromatic rings. The quantitative estimate of drug-likeness (QED) is 0.668. The van der Waals surface area contributed by atoms with Gasteiger partial charge in [-0.1, -0.05) is 22.9 Å². The highest BCUT2D eigenvalue weighted by atomic mass is 79.9. The molecule has 3 nitrogen and oxygen atoms in total. The van der Waals surface area contributed by atoms with Crippen molar-refractivity contribution in [3.8, 4) is 0 Å². The van der Waals surface area contributed by atoms with Gasteiger partial charge in [-0.25, -0.2) is 0 Å². The van der Waals surface area contributed by atoms with Crippen molar-refractivity contribution in [1.82, 2.24) is 0 Å². The highest BCUT2D eigenvalue weighted by Crippen LogP contribution is 2.64. The summed E-state index contributed by atoms with van der Waals surface area (Å²) in [5, 5.41) is 11.4. The normalized spacial score (nSPS) is 50.6. The fourth-order valence-electron chi connectivity index (χ4n) is 7.98. The van der Waals surface area contributed by atoms with Gasteiger partial charge in [0.15, 0.2) is 0 Å². The maximum atomic E-state index is 12.5. The molecule has 4 aliphatic carbocycles. The van der Waals surface area contributed by atoms with E-state index in [1.54, 1.807) is 7.11 Å². The third-order valence-corrected chi connectivity index (χ3v) is 9.59. The zero-order valence-electron chi connectivity index (χ0n) is 16.4. The predicted octanol–water partition coefficient (Wildman–Crippen LogP) is 4.60. The van der Waals surface area contributed by atoms with Crippen molar-refractivity contribution in [3.05, 3.63) is 0 Å². The number of rotatable bonds is 4. The van der Waals surface area contributed by atoms with Crippen molar-refractivity contribution in [1.29, 1.82) is 0 Å². The number of halogens is 1. The van der Waals surface area contributed by atoms with Crippen molar-refractivity contribution in [3.63, 3.8) is 0 Å². The van der Waals surface area contributed by atoms with Gasteiger partial charge in [-0.15, -0.1) is 0 Å². The first-order valence-electron chi connectivity index (χ1n) is 10.7. The Morgan fingerprint density at radius 1 is 1.08 bits per heavy atom. The fraction of sp³-hybridized carbons (Fsp3) is 0.955. The van der Waals surface area contributed by atoms with Crippen LogP contribution in [0.2, 0.25) is 0 Å². The zero-order chi connectivity index (χ0) is 18.5. The van der Waals surface area contributed by atoms with Crippen LogP contribution in [0, 0.1) is 40.9 Å². The minimum absolute atomic E-state index is 0.240. The number of carbonyl (C=O) groups is 1. The van der Waals surface area contributed by atoms with Crippen LogP contribution in [0.15, 0.2) is 0 Å². The third kappa shape index (κ3) is 3.03. The van der Waals surface area contributed by atoms with Crippen LogP contribution < -0.4 is 0 Å². The molecule has 0 aromatic carbocycles. The third-order valence-electron chi connectivity index (χ3n) is 9.04. The number of Topliss-reactive ketones (excluding diaryl/α,β-unsaturated/α-hetero) is 1. The lowest BCUT2D eigenvalue weighted by Crippen LogP contribution is -2.52. The molecule has 148 valence electrons. The fourth-order valence-corrected chi connectivity index (χ4v) is 8.38. The Labute approximate surface area is 166 Å². The molecular weight excluding hydrogens is 392 g/mol. The molecule has 0 aromatic heterocycles. The monoisotopic (exact) mass is 426 g/mol. The smallest absolute Gasteiger partial charge is 0.147 e. The molecule has 8 atom stereocenters. The van der Waals surface area contributed by atoms with E-state index in [-0.39, 0.29) is 11.3 Å². The number of ketones is 1. The van der Waals surface area contributed by atoms with Gasteiger partial charge in [-0.3, -0.25) is 4.79 Å². The average molecular weight is 427 g/mol. The number of aliphatic hydroxyl groups is 1. The molecule has 0 spiro atoms. The van der Waals surface area contributed by atoms with E-state index in [4.69, 9.17) is 4.74 Å². The molecule has 4 fully saturated rings. The van der Waals surface area contributed by atoms with E-state index in [1.807, 2.05) is 0 Å². The summed E-state index contributed by atoms with van der Waals surface area (Å²) in [5.41, 5.74) is -0.350. The lowest BCUT2D eigenvalue weighted by atomic mass is 9.49. The van der Waals surface area contributed by atoms with Crippen LogP contribution >= 0.6 is 15.9 Å². The van der Waals surface area contributed by atoms with E-state index in [9.17, 15) is 9.90 Å². The second kappa shape index (κ2) is 7.15. The van der Waals surface area contributed by atoms with Crippen LogP contribution in [0.1, 0.15) is 64.7 Å². The molecule has 4 rings (SSSR count). The van der Waals surface area contributed by atoms with E-state index in [0.29, 0.717) is 23.6 Å². The number of ether oxygens (including phenoxy) is 1. The van der Waals surface area contributed by atoms with Crippen LogP contribution in [0.5, 0.6) is 0 Å². The van der Waals surface area contributed by atoms with Gasteiger partial charge in [-0.2, -0.15) is 0 Å². The Morgan fingerprint density at radius 2 is 1.85 bits per heavy atom. The number of alkyl halides is 1. The van der Waals surface area contributed by atoms with Crippen LogP contribution in [0.4, 0.5) is 0 Å². The largest absolute Gasteiger partial charge is 0.387 e. The van der Waals surface area contributed by atoms with E-state index < -0.39 is 5.60 Å². The molecule has 0 amide bonds. The van der Waals surface area contributed by atoms with Gasteiger partial charge in [0.25, 0.3) is 0 Å². The van der Waals surface area contributed by atoms with Crippen molar-refractivity contribution in [2.75, 3.05) is 19.0 Å². The highest BCUT2D eigenvalue weighted by Gasteiger charge is 2.58. The van der Waals surface area contributed by atoms with Crippen LogP contribution in [0.25, 0.3) is 0 Å². The number of hydrogen-bond acceptors (Lipinski definition) is 3. The first-order valence-corrected chi connectivity index (χ1v) is 11.8. The van der Waals surface area contributed by atoms with Gasteiger partial charge in [-0.05, 0) is 92.8 Å². The maximum absolute atomic E-state index is 12.5. The first kappa shape index (κ1) is 19.4. The molecular formula is C22H35BrO3. The molecule has 0 radical (unpaired) electrons.